The van der Waals surface area contributed by atoms with E-state index >= 15 is 0 Å². The highest BCUT2D eigenvalue weighted by Gasteiger charge is 2.45. The summed E-state index contributed by atoms with van der Waals surface area (Å²) in [6.45, 7) is 4.07. The molecule has 1 aliphatic carbocycles. The summed E-state index contributed by atoms with van der Waals surface area (Å²) in [6.07, 6.45) is 3.27. The second kappa shape index (κ2) is 19.5. The molecular weight excluding hydrogens is 764 g/mol. The van der Waals surface area contributed by atoms with Gasteiger partial charge in [-0.15, -0.1) is 0 Å². The number of hydrogen-bond donors (Lipinski definition) is 8. The minimum atomic E-state index is -5.64. The molecule has 3 rings (SSSR count). The van der Waals surface area contributed by atoms with Gasteiger partial charge in [0.05, 0.1) is 18.8 Å². The molecule has 18 nitrogen and oxygen atoms in total. The lowest BCUT2D eigenvalue weighted by molar-refractivity contribution is -0.121. The Bertz CT molecular complexity index is 1420. The van der Waals surface area contributed by atoms with Gasteiger partial charge in [0.25, 0.3) is 5.91 Å². The molecule has 2 amide bonds. The topological polar surface area (TPSA) is 277 Å². The Balaban J connectivity index is 1.34. The lowest BCUT2D eigenvalue weighted by Gasteiger charge is -2.30. The Labute approximate surface area is 298 Å². The summed E-state index contributed by atoms with van der Waals surface area (Å²) in [6, 6.07) is 5.91. The van der Waals surface area contributed by atoms with Crippen molar-refractivity contribution in [2.75, 3.05) is 25.6 Å². The molecule has 284 valence electrons. The Morgan fingerprint density at radius 3 is 2.28 bits per heavy atom. The smallest absolute Gasteiger partial charge is 0.423 e. The van der Waals surface area contributed by atoms with Crippen molar-refractivity contribution in [2.45, 2.75) is 81.9 Å². The Morgan fingerprint density at radius 2 is 1.68 bits per heavy atom. The zero-order valence-corrected chi connectivity index (χ0v) is 31.7. The highest BCUT2D eigenvalue weighted by atomic mass is 33.1. The number of unbranched alkanes of at least 4 members (excludes halogenated alkanes) is 1. The van der Waals surface area contributed by atoms with E-state index in [0.717, 1.165) is 19.3 Å². The number of rotatable bonds is 22. The average molecular weight is 809 g/mol. The summed E-state index contributed by atoms with van der Waals surface area (Å²) >= 11 is 0. The quantitative estimate of drug-likeness (QED) is 0.0274. The normalized spacial score (nSPS) is 22.3. The van der Waals surface area contributed by atoms with E-state index in [9.17, 15) is 33.1 Å². The fraction of sp³-hybridized carbons (Fsp3) is 0.692. The Kier molecular flexibility index (Phi) is 17.0. The Hall–Kier alpha value is -0.825. The number of phosphoric ester groups is 1. The highest BCUT2D eigenvalue weighted by molar-refractivity contribution is 8.77. The van der Waals surface area contributed by atoms with Crippen LogP contribution in [0.4, 0.5) is 0 Å². The largest absolute Gasteiger partial charge is 0.490 e. The molecule has 1 heterocycles. The number of benzene rings is 1. The van der Waals surface area contributed by atoms with Crippen LogP contribution in [0, 0.1) is 5.92 Å². The van der Waals surface area contributed by atoms with Gasteiger partial charge in [-0.3, -0.25) is 14.1 Å². The molecule has 0 radical (unpaired) electrons. The number of carbonyl (C=O) groups is 2. The lowest BCUT2D eigenvalue weighted by Crippen LogP contribution is -2.36. The van der Waals surface area contributed by atoms with Crippen LogP contribution >= 0.6 is 45.1 Å². The second-order valence-electron chi connectivity index (χ2n) is 12.3. The predicted octanol–water partition coefficient (Wildman–Crippen LogP) is 2.19. The van der Waals surface area contributed by atoms with Crippen LogP contribution in [0.5, 0.6) is 0 Å². The van der Waals surface area contributed by atoms with Gasteiger partial charge in [-0.2, -0.15) is 8.62 Å². The summed E-state index contributed by atoms with van der Waals surface area (Å²) in [4.78, 5) is 61.3. The van der Waals surface area contributed by atoms with Gasteiger partial charge < -0.3 is 49.7 Å². The van der Waals surface area contributed by atoms with Gasteiger partial charge in [-0.1, -0.05) is 40.1 Å². The summed E-state index contributed by atoms with van der Waals surface area (Å²) in [7, 11) is -15.2. The molecule has 3 unspecified atom stereocenters. The SMILES string of the molecule is CC(C)(CNC(=O)CCCCNC(=O)c1ccc(B(O)O)cc1)SSCO[C@@H]1C[C@H](C2CCC2)OC1COP(=O)(O)OP(=O)(O)OP(=O)(O)O. The molecule has 1 aliphatic heterocycles. The number of ether oxygens (including phenoxy) is 2. The van der Waals surface area contributed by atoms with Crippen LogP contribution in [0.3, 0.4) is 0 Å². The third kappa shape index (κ3) is 16.0. The highest BCUT2D eigenvalue weighted by Crippen LogP contribution is 2.66. The third-order valence-electron chi connectivity index (χ3n) is 7.64. The fourth-order valence-corrected chi connectivity index (χ4v) is 10.1. The fourth-order valence-electron chi connectivity index (χ4n) is 4.91. The van der Waals surface area contributed by atoms with Crippen molar-refractivity contribution < 1.29 is 75.5 Å². The standard InChI is InChI=1S/C26H44BN2O16P3S2/c1-26(2,16-29-24(30)8-3-4-13-28-25(31)19-9-11-20(12-10-19)27(32)33)50-49-17-41-22-14-21(18-6-5-7-18)43-23(22)15-42-47(37,38)45-48(39,40)44-46(34,35)36/h9-12,18,21-23,32-33H,3-8,13-17H2,1-2H3,(H,28,31)(H,29,30)(H,37,38)(H,39,40)(H2,34,35,36)/t21-,22-,23?/m1/s1. The first-order chi connectivity index (χ1) is 23.2. The molecule has 8 N–H and O–H groups in total. The first-order valence-electron chi connectivity index (χ1n) is 15.6. The van der Waals surface area contributed by atoms with Crippen LogP contribution in [-0.4, -0.2) is 97.2 Å². The van der Waals surface area contributed by atoms with Gasteiger partial charge in [-0.05, 0) is 63.0 Å². The van der Waals surface area contributed by atoms with Crippen LogP contribution < -0.4 is 16.1 Å². The molecular formula is C26H44BN2O16P3S2. The maximum atomic E-state index is 12.4. The van der Waals surface area contributed by atoms with Gasteiger partial charge in [0, 0.05) is 36.2 Å². The van der Waals surface area contributed by atoms with E-state index in [2.05, 4.69) is 19.3 Å². The molecule has 0 bridgehead atoms. The molecule has 2 fully saturated rings. The zero-order chi connectivity index (χ0) is 37.2. The van der Waals surface area contributed by atoms with Crippen molar-refractivity contribution in [3.8, 4) is 0 Å². The van der Waals surface area contributed by atoms with E-state index in [0.29, 0.717) is 37.9 Å². The first-order valence-corrected chi connectivity index (χ1v) is 22.5. The molecule has 2 aliphatic rings. The van der Waals surface area contributed by atoms with E-state index in [1.807, 2.05) is 13.8 Å². The number of hydrogen-bond acceptors (Lipinski definition) is 14. The number of nitrogens with one attached hydrogen (secondary N) is 2. The molecule has 5 atom stereocenters. The van der Waals surface area contributed by atoms with Crippen LogP contribution in [0.15, 0.2) is 24.3 Å². The first kappa shape index (κ1) is 43.6. The van der Waals surface area contributed by atoms with Crippen molar-refractivity contribution in [3.05, 3.63) is 29.8 Å². The summed E-state index contributed by atoms with van der Waals surface area (Å²) in [5, 5.41) is 24.0. The average Bonchev–Trinajstić information content (AvgIpc) is 3.36. The van der Waals surface area contributed by atoms with E-state index in [1.165, 1.54) is 45.9 Å². The minimum Gasteiger partial charge on any atom is -0.423 e. The number of amides is 2. The molecule has 50 heavy (non-hydrogen) atoms. The van der Waals surface area contributed by atoms with Crippen LogP contribution in [0.2, 0.25) is 0 Å². The van der Waals surface area contributed by atoms with E-state index in [4.69, 9.17) is 33.8 Å². The lowest BCUT2D eigenvalue weighted by atomic mass is 9.80. The summed E-state index contributed by atoms with van der Waals surface area (Å²) in [5.74, 6) is 0.0474. The van der Waals surface area contributed by atoms with Crippen LogP contribution in [-0.2, 0) is 41.1 Å². The van der Waals surface area contributed by atoms with E-state index in [-0.39, 0.29) is 46.4 Å². The molecule has 1 saturated heterocycles. The zero-order valence-electron chi connectivity index (χ0n) is 27.4. The van der Waals surface area contributed by atoms with Crippen LogP contribution in [0.1, 0.15) is 69.2 Å². The minimum absolute atomic E-state index is 0.131. The van der Waals surface area contributed by atoms with Crippen molar-refractivity contribution in [2.24, 2.45) is 5.92 Å². The third-order valence-corrected chi connectivity index (χ3v) is 14.4. The maximum absolute atomic E-state index is 12.4. The summed E-state index contributed by atoms with van der Waals surface area (Å²) < 4.78 is 58.7. The maximum Gasteiger partial charge on any atom is 0.490 e. The van der Waals surface area contributed by atoms with E-state index in [1.54, 1.807) is 0 Å². The Morgan fingerprint density at radius 1 is 1.00 bits per heavy atom. The number of phosphoric acid groups is 3. The predicted molar refractivity (Wildman–Crippen MR) is 185 cm³/mol. The molecule has 24 heteroatoms. The van der Waals surface area contributed by atoms with Gasteiger partial charge in [0.15, 0.2) is 0 Å². The van der Waals surface area contributed by atoms with Gasteiger partial charge in [0.2, 0.25) is 5.91 Å². The summed E-state index contributed by atoms with van der Waals surface area (Å²) in [5.41, 5.74) is 0.666. The van der Waals surface area contributed by atoms with Crippen molar-refractivity contribution >= 4 is 69.5 Å². The van der Waals surface area contributed by atoms with Gasteiger partial charge in [0.1, 0.15) is 12.0 Å². The molecule has 0 aromatic heterocycles. The second-order valence-corrected chi connectivity index (χ2v) is 19.7. The van der Waals surface area contributed by atoms with E-state index < -0.39 is 49.4 Å². The molecule has 1 saturated carbocycles. The van der Waals surface area contributed by atoms with Crippen LogP contribution in [0.25, 0.3) is 0 Å². The van der Waals surface area contributed by atoms with Crippen molar-refractivity contribution in [3.63, 3.8) is 0 Å². The van der Waals surface area contributed by atoms with Gasteiger partial charge >= 0.3 is 30.6 Å². The van der Waals surface area contributed by atoms with Crippen molar-refractivity contribution in [1.82, 2.24) is 10.6 Å². The number of carbonyl (C=O) groups excluding carboxylic acids is 2. The van der Waals surface area contributed by atoms with Crippen molar-refractivity contribution in [1.29, 1.82) is 0 Å². The molecule has 1 aromatic rings. The monoisotopic (exact) mass is 808 g/mol. The molecule has 0 spiro atoms. The van der Waals surface area contributed by atoms with Gasteiger partial charge in [-0.25, -0.2) is 13.7 Å². The molecule has 1 aromatic carbocycles.